The van der Waals surface area contributed by atoms with Crippen molar-refractivity contribution in [2.24, 2.45) is 0 Å². The zero-order valence-corrected chi connectivity index (χ0v) is 17.9. The van der Waals surface area contributed by atoms with Crippen molar-refractivity contribution in [1.29, 1.82) is 0 Å². The first-order valence-corrected chi connectivity index (χ1v) is 10.7. The van der Waals surface area contributed by atoms with E-state index in [0.29, 0.717) is 22.6 Å². The Morgan fingerprint density at radius 1 is 0.719 bits per heavy atom. The number of sulfonamides is 1. The van der Waals surface area contributed by atoms with E-state index in [1.807, 2.05) is 0 Å². The molecular formula is C22H19F4NO4S. The van der Waals surface area contributed by atoms with Crippen molar-refractivity contribution in [3.63, 3.8) is 0 Å². The molecule has 3 rings (SSSR count). The number of hydrogen-bond acceptors (Lipinski definition) is 4. The second-order valence-corrected chi connectivity index (χ2v) is 8.64. The summed E-state index contributed by atoms with van der Waals surface area (Å²) in [6.45, 7) is -0.648. The molecule has 0 unspecified atom stereocenters. The maximum Gasteiger partial charge on any atom is 0.249 e. The molecule has 0 aromatic heterocycles. The summed E-state index contributed by atoms with van der Waals surface area (Å²) < 4.78 is 93.4. The third-order valence-electron chi connectivity index (χ3n) is 4.71. The van der Waals surface area contributed by atoms with E-state index in [4.69, 9.17) is 9.47 Å². The van der Waals surface area contributed by atoms with Gasteiger partial charge in [0.1, 0.15) is 11.5 Å². The highest BCUT2D eigenvalue weighted by atomic mass is 32.2. The van der Waals surface area contributed by atoms with Gasteiger partial charge >= 0.3 is 0 Å². The Labute approximate surface area is 182 Å². The molecule has 0 N–H and O–H groups in total. The van der Waals surface area contributed by atoms with Gasteiger partial charge in [-0.25, -0.2) is 26.0 Å². The summed E-state index contributed by atoms with van der Waals surface area (Å²) in [6, 6.07) is 12.5. The van der Waals surface area contributed by atoms with Crippen molar-refractivity contribution in [2.75, 3.05) is 14.2 Å². The number of ether oxygens (including phenoxy) is 2. The van der Waals surface area contributed by atoms with Crippen LogP contribution >= 0.6 is 0 Å². The van der Waals surface area contributed by atoms with Crippen LogP contribution in [0.15, 0.2) is 59.5 Å². The Kier molecular flexibility index (Phi) is 7.05. The van der Waals surface area contributed by atoms with E-state index in [1.54, 1.807) is 48.5 Å². The van der Waals surface area contributed by atoms with Gasteiger partial charge in [-0.05, 0) is 35.4 Å². The van der Waals surface area contributed by atoms with Gasteiger partial charge < -0.3 is 9.47 Å². The molecule has 0 aliphatic heterocycles. The molecule has 170 valence electrons. The lowest BCUT2D eigenvalue weighted by molar-refractivity contribution is 0.377. The standard InChI is InChI=1S/C22H19F4NO4S/c1-30-16-7-3-14(4-8-16)12-27(13-15-5-9-17(31-2)10-6-15)32(28,29)22-20(25)18(23)11-19(24)21(22)26/h3-11H,12-13H2,1-2H3. The summed E-state index contributed by atoms with van der Waals surface area (Å²) in [6.07, 6.45) is 0. The minimum atomic E-state index is -4.99. The minimum Gasteiger partial charge on any atom is -0.497 e. The van der Waals surface area contributed by atoms with Crippen LogP contribution in [0.1, 0.15) is 11.1 Å². The molecule has 0 radical (unpaired) electrons. The number of benzene rings is 3. The fourth-order valence-corrected chi connectivity index (χ4v) is 4.55. The van der Waals surface area contributed by atoms with Crippen LogP contribution < -0.4 is 9.47 Å². The van der Waals surface area contributed by atoms with Crippen LogP contribution in [0.5, 0.6) is 11.5 Å². The minimum absolute atomic E-state index is 0.0407. The molecule has 0 heterocycles. The molecule has 0 bridgehead atoms. The average Bonchev–Trinajstić information content (AvgIpc) is 2.78. The summed E-state index contributed by atoms with van der Waals surface area (Å²) in [5.41, 5.74) is 0.918. The van der Waals surface area contributed by atoms with Gasteiger partial charge in [-0.3, -0.25) is 0 Å². The molecule has 3 aromatic carbocycles. The van der Waals surface area contributed by atoms with Gasteiger partial charge in [-0.1, -0.05) is 24.3 Å². The SMILES string of the molecule is COc1ccc(CN(Cc2ccc(OC)cc2)S(=O)(=O)c2c(F)c(F)cc(F)c2F)cc1. The van der Waals surface area contributed by atoms with Gasteiger partial charge in [0, 0.05) is 19.2 Å². The Morgan fingerprint density at radius 2 is 1.09 bits per heavy atom. The van der Waals surface area contributed by atoms with E-state index in [2.05, 4.69) is 0 Å². The second kappa shape index (κ2) is 9.58. The van der Waals surface area contributed by atoms with Gasteiger partial charge in [0.2, 0.25) is 10.0 Å². The molecule has 32 heavy (non-hydrogen) atoms. The molecule has 0 amide bonds. The Bertz CT molecular complexity index is 1120. The third kappa shape index (κ3) is 4.86. The van der Waals surface area contributed by atoms with Crippen molar-refractivity contribution < 1.29 is 35.5 Å². The predicted octanol–water partition coefficient (Wildman–Crippen LogP) is 4.65. The number of methoxy groups -OCH3 is 2. The zero-order chi connectivity index (χ0) is 23.5. The second-order valence-electron chi connectivity index (χ2n) is 6.77. The molecule has 0 atom stereocenters. The number of nitrogens with zero attached hydrogens (tertiary/aromatic N) is 1. The first-order chi connectivity index (χ1) is 15.2. The van der Waals surface area contributed by atoms with Gasteiger partial charge in [0.25, 0.3) is 0 Å². The van der Waals surface area contributed by atoms with Gasteiger partial charge in [0.15, 0.2) is 28.2 Å². The largest absolute Gasteiger partial charge is 0.497 e. The van der Waals surface area contributed by atoms with Crippen molar-refractivity contribution in [3.8, 4) is 11.5 Å². The molecule has 0 aliphatic carbocycles. The van der Waals surface area contributed by atoms with E-state index in [0.717, 1.165) is 4.31 Å². The average molecular weight is 469 g/mol. The Hall–Kier alpha value is -3.11. The lowest BCUT2D eigenvalue weighted by Gasteiger charge is -2.23. The lowest BCUT2D eigenvalue weighted by Crippen LogP contribution is -2.32. The van der Waals surface area contributed by atoms with E-state index < -0.39 is 38.2 Å². The maximum absolute atomic E-state index is 14.4. The van der Waals surface area contributed by atoms with E-state index >= 15 is 0 Å². The summed E-state index contributed by atoms with van der Waals surface area (Å²) in [7, 11) is -2.08. The van der Waals surface area contributed by atoms with E-state index in [1.165, 1.54) is 14.2 Å². The highest BCUT2D eigenvalue weighted by Crippen LogP contribution is 2.29. The Balaban J connectivity index is 2.07. The number of hydrogen-bond donors (Lipinski definition) is 0. The van der Waals surface area contributed by atoms with Crippen molar-refractivity contribution in [1.82, 2.24) is 4.31 Å². The fraction of sp³-hybridized carbons (Fsp3) is 0.182. The third-order valence-corrected chi connectivity index (χ3v) is 6.52. The molecular weight excluding hydrogens is 450 g/mol. The van der Waals surface area contributed by atoms with Crippen molar-refractivity contribution in [3.05, 3.63) is 89.0 Å². The molecule has 3 aromatic rings. The summed E-state index contributed by atoms with van der Waals surface area (Å²) in [5, 5.41) is 0. The van der Waals surface area contributed by atoms with Crippen LogP contribution in [-0.2, 0) is 23.1 Å². The summed E-state index contributed by atoms with van der Waals surface area (Å²) in [5.74, 6) is -6.56. The van der Waals surface area contributed by atoms with Gasteiger partial charge in [-0.15, -0.1) is 0 Å². The van der Waals surface area contributed by atoms with Gasteiger partial charge in [-0.2, -0.15) is 4.31 Å². The van der Waals surface area contributed by atoms with E-state index in [9.17, 15) is 26.0 Å². The van der Waals surface area contributed by atoms with Gasteiger partial charge in [0.05, 0.1) is 14.2 Å². The van der Waals surface area contributed by atoms with Crippen LogP contribution in [0.4, 0.5) is 17.6 Å². The highest BCUT2D eigenvalue weighted by molar-refractivity contribution is 7.89. The first-order valence-electron chi connectivity index (χ1n) is 9.26. The molecule has 0 saturated carbocycles. The molecule has 10 heteroatoms. The van der Waals surface area contributed by atoms with Crippen LogP contribution in [0, 0.1) is 23.3 Å². The zero-order valence-electron chi connectivity index (χ0n) is 17.1. The normalized spacial score (nSPS) is 11.6. The number of rotatable bonds is 8. The van der Waals surface area contributed by atoms with Crippen LogP contribution in [0.3, 0.4) is 0 Å². The monoisotopic (exact) mass is 469 g/mol. The van der Waals surface area contributed by atoms with E-state index in [-0.39, 0.29) is 19.2 Å². The molecule has 0 saturated heterocycles. The van der Waals surface area contributed by atoms with Crippen LogP contribution in [0.2, 0.25) is 0 Å². The predicted molar refractivity (Wildman–Crippen MR) is 109 cm³/mol. The Morgan fingerprint density at radius 3 is 1.44 bits per heavy atom. The van der Waals surface area contributed by atoms with Crippen LogP contribution in [0.25, 0.3) is 0 Å². The highest BCUT2D eigenvalue weighted by Gasteiger charge is 2.34. The molecule has 0 aliphatic rings. The first kappa shape index (κ1) is 23.6. The quantitative estimate of drug-likeness (QED) is 0.356. The smallest absolute Gasteiger partial charge is 0.249 e. The number of halogens is 4. The van der Waals surface area contributed by atoms with Crippen LogP contribution in [-0.4, -0.2) is 26.9 Å². The molecule has 0 fully saturated rings. The fourth-order valence-electron chi connectivity index (χ4n) is 3.00. The van der Waals surface area contributed by atoms with Crippen molar-refractivity contribution >= 4 is 10.0 Å². The molecule has 5 nitrogen and oxygen atoms in total. The topological polar surface area (TPSA) is 55.8 Å². The lowest BCUT2D eigenvalue weighted by atomic mass is 10.2. The summed E-state index contributed by atoms with van der Waals surface area (Å²) >= 11 is 0. The maximum atomic E-state index is 14.4. The summed E-state index contributed by atoms with van der Waals surface area (Å²) in [4.78, 5) is -1.68. The molecule has 0 spiro atoms. The van der Waals surface area contributed by atoms with Crippen molar-refractivity contribution in [2.45, 2.75) is 18.0 Å².